The Morgan fingerprint density at radius 2 is 1.69 bits per heavy atom. The highest BCUT2D eigenvalue weighted by Crippen LogP contribution is 2.12. The van der Waals surface area contributed by atoms with Crippen LogP contribution in [-0.2, 0) is 11.3 Å². The molecule has 3 N–H and O–H groups in total. The van der Waals surface area contributed by atoms with Crippen LogP contribution < -0.4 is 10.8 Å². The van der Waals surface area contributed by atoms with Crippen molar-refractivity contribution >= 4 is 23.9 Å². The molecule has 0 aromatic heterocycles. The van der Waals surface area contributed by atoms with Gasteiger partial charge in [0.1, 0.15) is 0 Å². The molecule has 2 aromatic carbocycles. The SMILES string of the molecule is O=C(C=Cc1ccc(CN(CCN2CCCC2)C(=O)NC(=O)c2ccccc2)cc1)NO. The molecule has 0 saturated carbocycles. The number of carbonyl (C=O) groups excluding carboxylic acids is 3. The number of carbonyl (C=O) groups is 3. The van der Waals surface area contributed by atoms with Gasteiger partial charge in [0.15, 0.2) is 0 Å². The molecule has 0 bridgehead atoms. The smallest absolute Gasteiger partial charge is 0.319 e. The quantitative estimate of drug-likeness (QED) is 0.335. The second kappa shape index (κ2) is 11.8. The number of benzene rings is 2. The van der Waals surface area contributed by atoms with E-state index in [4.69, 9.17) is 5.21 Å². The molecule has 0 atom stereocenters. The minimum atomic E-state index is -0.609. The lowest BCUT2D eigenvalue weighted by molar-refractivity contribution is -0.124. The summed E-state index contributed by atoms with van der Waals surface area (Å²) in [5.41, 5.74) is 3.66. The van der Waals surface area contributed by atoms with Gasteiger partial charge in [0.25, 0.3) is 11.8 Å². The van der Waals surface area contributed by atoms with E-state index in [1.165, 1.54) is 18.9 Å². The zero-order chi connectivity index (χ0) is 22.8. The van der Waals surface area contributed by atoms with E-state index in [-0.39, 0.29) is 0 Å². The third-order valence-corrected chi connectivity index (χ3v) is 5.32. The number of hydroxylamine groups is 1. The Balaban J connectivity index is 1.66. The van der Waals surface area contributed by atoms with Crippen LogP contribution in [0.25, 0.3) is 6.08 Å². The van der Waals surface area contributed by atoms with Crippen molar-refractivity contribution in [3.05, 3.63) is 77.4 Å². The van der Waals surface area contributed by atoms with Crippen molar-refractivity contribution in [3.8, 4) is 0 Å². The average molecular weight is 437 g/mol. The lowest BCUT2D eigenvalue weighted by atomic mass is 10.1. The van der Waals surface area contributed by atoms with Gasteiger partial charge in [-0.3, -0.25) is 20.1 Å². The zero-order valence-corrected chi connectivity index (χ0v) is 17.9. The lowest BCUT2D eigenvalue weighted by Crippen LogP contribution is -2.45. The summed E-state index contributed by atoms with van der Waals surface area (Å²) in [5, 5.41) is 11.0. The Bertz CT molecular complexity index is 938. The number of rotatable bonds is 8. The van der Waals surface area contributed by atoms with Crippen LogP contribution in [0, 0.1) is 0 Å². The van der Waals surface area contributed by atoms with Crippen LogP contribution in [-0.4, -0.2) is 59.0 Å². The first-order valence-corrected chi connectivity index (χ1v) is 10.6. The van der Waals surface area contributed by atoms with Crippen molar-refractivity contribution in [1.82, 2.24) is 20.6 Å². The van der Waals surface area contributed by atoms with E-state index in [0.29, 0.717) is 18.7 Å². The summed E-state index contributed by atoms with van der Waals surface area (Å²) in [7, 11) is 0. The summed E-state index contributed by atoms with van der Waals surface area (Å²) in [6.07, 6.45) is 5.13. The summed E-state index contributed by atoms with van der Waals surface area (Å²) < 4.78 is 0. The molecule has 1 aliphatic rings. The molecule has 0 unspecified atom stereocenters. The van der Waals surface area contributed by atoms with Crippen molar-refractivity contribution in [1.29, 1.82) is 0 Å². The number of amides is 4. The highest BCUT2D eigenvalue weighted by molar-refractivity contribution is 6.04. The first-order chi connectivity index (χ1) is 15.5. The molecular weight excluding hydrogens is 408 g/mol. The minimum absolute atomic E-state index is 0.350. The fourth-order valence-corrected chi connectivity index (χ4v) is 3.52. The second-order valence-corrected chi connectivity index (χ2v) is 7.65. The van der Waals surface area contributed by atoms with Crippen LogP contribution in [0.5, 0.6) is 0 Å². The first-order valence-electron chi connectivity index (χ1n) is 10.6. The molecule has 4 amide bonds. The third-order valence-electron chi connectivity index (χ3n) is 5.32. The van der Waals surface area contributed by atoms with Crippen molar-refractivity contribution in [2.24, 2.45) is 0 Å². The van der Waals surface area contributed by atoms with Crippen molar-refractivity contribution in [2.75, 3.05) is 26.2 Å². The van der Waals surface area contributed by atoms with Crippen LogP contribution in [0.3, 0.4) is 0 Å². The number of nitrogens with zero attached hydrogens (tertiary/aromatic N) is 2. The average Bonchev–Trinajstić information content (AvgIpc) is 3.35. The fourth-order valence-electron chi connectivity index (χ4n) is 3.52. The van der Waals surface area contributed by atoms with Crippen molar-refractivity contribution in [2.45, 2.75) is 19.4 Å². The highest BCUT2D eigenvalue weighted by atomic mass is 16.5. The molecule has 0 spiro atoms. The molecule has 1 fully saturated rings. The number of imide groups is 1. The molecule has 2 aromatic rings. The Hall–Kier alpha value is -3.49. The Morgan fingerprint density at radius 3 is 2.34 bits per heavy atom. The maximum atomic E-state index is 12.9. The second-order valence-electron chi connectivity index (χ2n) is 7.65. The van der Waals surface area contributed by atoms with E-state index >= 15 is 0 Å². The highest BCUT2D eigenvalue weighted by Gasteiger charge is 2.20. The molecule has 3 rings (SSSR count). The first kappa shape index (κ1) is 23.2. The van der Waals surface area contributed by atoms with Crippen LogP contribution in [0.1, 0.15) is 34.3 Å². The van der Waals surface area contributed by atoms with Crippen LogP contribution in [0.2, 0.25) is 0 Å². The summed E-state index contributed by atoms with van der Waals surface area (Å²) in [5.74, 6) is -1.04. The summed E-state index contributed by atoms with van der Waals surface area (Å²) in [6, 6.07) is 15.6. The largest absolute Gasteiger partial charge is 0.324 e. The van der Waals surface area contributed by atoms with E-state index < -0.39 is 17.8 Å². The van der Waals surface area contributed by atoms with E-state index in [9.17, 15) is 14.4 Å². The van der Waals surface area contributed by atoms with E-state index in [0.717, 1.165) is 30.8 Å². The third kappa shape index (κ3) is 7.04. The monoisotopic (exact) mass is 436 g/mol. The van der Waals surface area contributed by atoms with E-state index in [2.05, 4.69) is 10.2 Å². The molecule has 32 heavy (non-hydrogen) atoms. The maximum Gasteiger partial charge on any atom is 0.324 e. The van der Waals surface area contributed by atoms with E-state index in [1.54, 1.807) is 40.7 Å². The van der Waals surface area contributed by atoms with Gasteiger partial charge >= 0.3 is 6.03 Å². The molecular formula is C24H28N4O4. The van der Waals surface area contributed by atoms with Gasteiger partial charge in [-0.2, -0.15) is 0 Å². The number of likely N-dealkylation sites (tertiary alicyclic amines) is 1. The summed E-state index contributed by atoms with van der Waals surface area (Å²) in [4.78, 5) is 40.4. The lowest BCUT2D eigenvalue weighted by Gasteiger charge is -2.25. The standard InChI is InChI=1S/C24H28N4O4/c29-22(26-32)13-12-19-8-10-20(11-9-19)18-28(17-16-27-14-4-5-15-27)24(31)25-23(30)21-6-2-1-3-7-21/h1-3,6-13,32H,4-5,14-18H2,(H,26,29)(H,25,30,31). The van der Waals surface area contributed by atoms with Gasteiger partial charge < -0.3 is 9.80 Å². The van der Waals surface area contributed by atoms with Crippen LogP contribution in [0.4, 0.5) is 4.79 Å². The van der Waals surface area contributed by atoms with Gasteiger partial charge in [-0.05, 0) is 55.3 Å². The van der Waals surface area contributed by atoms with Crippen LogP contribution >= 0.6 is 0 Å². The molecule has 8 nitrogen and oxygen atoms in total. The zero-order valence-electron chi connectivity index (χ0n) is 17.9. The molecule has 0 radical (unpaired) electrons. The Kier molecular flexibility index (Phi) is 8.53. The van der Waals surface area contributed by atoms with Crippen LogP contribution in [0.15, 0.2) is 60.7 Å². The van der Waals surface area contributed by atoms with Gasteiger partial charge in [-0.15, -0.1) is 0 Å². The fraction of sp³-hybridized carbons (Fsp3) is 0.292. The normalized spacial score (nSPS) is 13.8. The van der Waals surface area contributed by atoms with Gasteiger partial charge in [-0.1, -0.05) is 42.5 Å². The topological polar surface area (TPSA) is 102 Å². The Morgan fingerprint density at radius 1 is 1.00 bits per heavy atom. The summed E-state index contributed by atoms with van der Waals surface area (Å²) >= 11 is 0. The molecule has 1 saturated heterocycles. The number of hydrogen-bond donors (Lipinski definition) is 3. The molecule has 1 heterocycles. The van der Waals surface area contributed by atoms with Crippen molar-refractivity contribution in [3.63, 3.8) is 0 Å². The van der Waals surface area contributed by atoms with E-state index in [1.807, 2.05) is 30.3 Å². The number of hydrogen-bond acceptors (Lipinski definition) is 5. The van der Waals surface area contributed by atoms with Gasteiger partial charge in [0.2, 0.25) is 0 Å². The minimum Gasteiger partial charge on any atom is -0.319 e. The van der Waals surface area contributed by atoms with Crippen molar-refractivity contribution < 1.29 is 19.6 Å². The van der Waals surface area contributed by atoms with Gasteiger partial charge in [0.05, 0.1) is 0 Å². The number of urea groups is 1. The molecule has 8 heteroatoms. The Labute approximate surface area is 187 Å². The molecule has 1 aliphatic heterocycles. The number of nitrogens with one attached hydrogen (secondary N) is 2. The van der Waals surface area contributed by atoms with Gasteiger partial charge in [0, 0.05) is 31.3 Å². The predicted molar refractivity (Wildman–Crippen MR) is 121 cm³/mol. The predicted octanol–water partition coefficient (Wildman–Crippen LogP) is 2.65. The molecule has 168 valence electrons. The van der Waals surface area contributed by atoms with Gasteiger partial charge in [-0.25, -0.2) is 10.3 Å². The maximum absolute atomic E-state index is 12.9. The summed E-state index contributed by atoms with van der Waals surface area (Å²) in [6.45, 7) is 3.67. The molecule has 0 aliphatic carbocycles.